The van der Waals surface area contributed by atoms with Crippen molar-refractivity contribution in [2.75, 3.05) is 6.54 Å². The molecule has 2 aromatic rings. The molecular weight excluding hydrogens is 282 g/mol. The largest absolute Gasteiger partial charge is 0.488 e. The number of hydrogen-bond donors (Lipinski definition) is 3. The Labute approximate surface area is 127 Å². The molecule has 0 saturated carbocycles. The predicted octanol–water partition coefficient (Wildman–Crippen LogP) is 0.603. The van der Waals surface area contributed by atoms with Crippen LogP contribution in [0, 0.1) is 6.92 Å². The number of rotatable bonds is 4. The minimum Gasteiger partial charge on any atom is -0.488 e. The van der Waals surface area contributed by atoms with Gasteiger partial charge in [-0.15, -0.1) is 0 Å². The lowest BCUT2D eigenvalue weighted by atomic mass is 10.0. The van der Waals surface area contributed by atoms with E-state index < -0.39 is 5.66 Å². The monoisotopic (exact) mass is 301 g/mol. The number of nitrogens with one attached hydrogen (secondary N) is 2. The van der Waals surface area contributed by atoms with Crippen molar-refractivity contribution in [3.63, 3.8) is 0 Å². The van der Waals surface area contributed by atoms with E-state index in [9.17, 15) is 9.59 Å². The Morgan fingerprint density at radius 3 is 3.05 bits per heavy atom. The molecule has 1 aliphatic rings. The highest BCUT2D eigenvalue weighted by atomic mass is 16.5. The van der Waals surface area contributed by atoms with Crippen LogP contribution in [-0.4, -0.2) is 29.6 Å². The van der Waals surface area contributed by atoms with Crippen LogP contribution >= 0.6 is 0 Å². The number of carbonyl (C=O) groups excluding carboxylic acids is 1. The van der Waals surface area contributed by atoms with Crippen LogP contribution in [0.1, 0.15) is 18.1 Å². The first-order valence-corrected chi connectivity index (χ1v) is 7.22. The summed E-state index contributed by atoms with van der Waals surface area (Å²) in [5.41, 5.74) is 7.50. The number of pyridine rings is 1. The molecule has 1 aliphatic heterocycles. The van der Waals surface area contributed by atoms with E-state index in [4.69, 9.17) is 10.5 Å². The van der Waals surface area contributed by atoms with Crippen LogP contribution in [0.3, 0.4) is 0 Å². The number of hydrogen-bond acceptors (Lipinski definition) is 5. The van der Waals surface area contributed by atoms with Crippen LogP contribution in [0.5, 0.6) is 5.75 Å². The molecule has 0 radical (unpaired) electrons. The Kier molecular flexibility index (Phi) is 3.50. The number of nitrogens with two attached hydrogens (primary N) is 1. The second-order valence-electron chi connectivity index (χ2n) is 6.02. The van der Waals surface area contributed by atoms with Crippen molar-refractivity contribution in [1.82, 2.24) is 10.3 Å². The van der Waals surface area contributed by atoms with E-state index in [0.29, 0.717) is 12.8 Å². The average molecular weight is 301 g/mol. The molecule has 0 fully saturated rings. The summed E-state index contributed by atoms with van der Waals surface area (Å²) < 4.78 is 6.00. The van der Waals surface area contributed by atoms with Crippen LogP contribution in [-0.2, 0) is 11.2 Å². The van der Waals surface area contributed by atoms with Gasteiger partial charge in [0, 0.05) is 24.4 Å². The molecule has 0 amide bonds. The molecule has 116 valence electrons. The summed E-state index contributed by atoms with van der Waals surface area (Å²) in [4.78, 5) is 25.2. The number of aryl methyl sites for hydroxylation is 1. The first kappa shape index (κ1) is 14.7. The number of aromatic nitrogens is 1. The number of fused-ring (bicyclic) bond motifs is 3. The van der Waals surface area contributed by atoms with Gasteiger partial charge in [0.15, 0.2) is 6.29 Å². The summed E-state index contributed by atoms with van der Waals surface area (Å²) in [5.74, 6) is 0.800. The Hall–Kier alpha value is -2.18. The van der Waals surface area contributed by atoms with Gasteiger partial charge in [-0.2, -0.15) is 0 Å². The molecule has 1 aromatic carbocycles. The summed E-state index contributed by atoms with van der Waals surface area (Å²) in [6.07, 6.45) is 1.33. The van der Waals surface area contributed by atoms with Gasteiger partial charge < -0.3 is 15.5 Å². The van der Waals surface area contributed by atoms with Gasteiger partial charge in [-0.25, -0.2) is 0 Å². The zero-order chi connectivity index (χ0) is 15.9. The van der Waals surface area contributed by atoms with E-state index >= 15 is 0 Å². The molecule has 2 heterocycles. The average Bonchev–Trinajstić information content (AvgIpc) is 2.88. The van der Waals surface area contributed by atoms with Gasteiger partial charge in [0.25, 0.3) is 0 Å². The fourth-order valence-electron chi connectivity index (χ4n) is 2.78. The Balaban J connectivity index is 1.89. The normalized spacial score (nSPS) is 19.5. The maximum atomic E-state index is 11.5. The minimum atomic E-state index is -1.05. The number of ether oxygens (including phenoxy) is 1. The van der Waals surface area contributed by atoms with Crippen molar-refractivity contribution >= 4 is 17.2 Å². The van der Waals surface area contributed by atoms with Crippen LogP contribution in [0.15, 0.2) is 23.0 Å². The molecule has 0 saturated heterocycles. The molecule has 3 rings (SSSR count). The summed E-state index contributed by atoms with van der Waals surface area (Å²) >= 11 is 0. The maximum absolute atomic E-state index is 11.5. The zero-order valence-electron chi connectivity index (χ0n) is 12.6. The van der Waals surface area contributed by atoms with E-state index in [1.54, 1.807) is 13.0 Å². The van der Waals surface area contributed by atoms with Crippen LogP contribution in [0.4, 0.5) is 0 Å². The molecule has 0 bridgehead atoms. The van der Waals surface area contributed by atoms with Crippen molar-refractivity contribution < 1.29 is 9.53 Å². The van der Waals surface area contributed by atoms with Crippen molar-refractivity contribution in [1.29, 1.82) is 0 Å². The first-order chi connectivity index (χ1) is 10.4. The topological polar surface area (TPSA) is 97.2 Å². The summed E-state index contributed by atoms with van der Waals surface area (Å²) in [6, 6.07) is 5.32. The zero-order valence-corrected chi connectivity index (χ0v) is 12.6. The SMILES string of the molecule is Cc1cc2c(c3ccc(=O)[nH]c13)OC(CN[C@](C)(N)C=O)C2. The van der Waals surface area contributed by atoms with Crippen LogP contribution in [0.2, 0.25) is 0 Å². The highest BCUT2D eigenvalue weighted by Gasteiger charge is 2.27. The van der Waals surface area contributed by atoms with E-state index in [2.05, 4.69) is 10.3 Å². The van der Waals surface area contributed by atoms with Crippen molar-refractivity contribution in [2.24, 2.45) is 5.73 Å². The lowest BCUT2D eigenvalue weighted by Gasteiger charge is -2.21. The number of carbonyl (C=O) groups is 1. The number of aromatic amines is 1. The third-order valence-corrected chi connectivity index (χ3v) is 3.93. The lowest BCUT2D eigenvalue weighted by molar-refractivity contribution is -0.112. The Morgan fingerprint density at radius 2 is 2.32 bits per heavy atom. The summed E-state index contributed by atoms with van der Waals surface area (Å²) in [6.45, 7) is 4.06. The molecular formula is C16H19N3O3. The minimum absolute atomic E-state index is 0.0882. The van der Waals surface area contributed by atoms with Gasteiger partial charge in [-0.1, -0.05) is 6.07 Å². The van der Waals surface area contributed by atoms with Gasteiger partial charge in [0.1, 0.15) is 17.5 Å². The smallest absolute Gasteiger partial charge is 0.248 e. The van der Waals surface area contributed by atoms with Gasteiger partial charge in [-0.05, 0) is 31.0 Å². The first-order valence-electron chi connectivity index (χ1n) is 7.22. The maximum Gasteiger partial charge on any atom is 0.248 e. The molecule has 2 atom stereocenters. The highest BCUT2D eigenvalue weighted by molar-refractivity contribution is 5.89. The van der Waals surface area contributed by atoms with E-state index in [1.807, 2.05) is 13.0 Å². The molecule has 6 nitrogen and oxygen atoms in total. The molecule has 22 heavy (non-hydrogen) atoms. The lowest BCUT2D eigenvalue weighted by Crippen LogP contribution is -2.54. The molecule has 1 aromatic heterocycles. The number of aldehydes is 1. The van der Waals surface area contributed by atoms with Crippen molar-refractivity contribution in [3.05, 3.63) is 39.7 Å². The Morgan fingerprint density at radius 1 is 1.55 bits per heavy atom. The fourth-order valence-corrected chi connectivity index (χ4v) is 2.78. The van der Waals surface area contributed by atoms with Gasteiger partial charge in [0.2, 0.25) is 5.56 Å². The van der Waals surface area contributed by atoms with Crippen molar-refractivity contribution in [3.8, 4) is 5.75 Å². The fraction of sp³-hybridized carbons (Fsp3) is 0.375. The third kappa shape index (κ3) is 2.63. The van der Waals surface area contributed by atoms with Crippen LogP contribution in [0.25, 0.3) is 10.9 Å². The third-order valence-electron chi connectivity index (χ3n) is 3.93. The van der Waals surface area contributed by atoms with Gasteiger partial charge in [0.05, 0.1) is 5.52 Å². The molecule has 0 aliphatic carbocycles. The van der Waals surface area contributed by atoms with E-state index in [-0.39, 0.29) is 11.7 Å². The molecule has 0 spiro atoms. The number of H-pyrrole nitrogens is 1. The van der Waals surface area contributed by atoms with Gasteiger partial charge in [-0.3, -0.25) is 14.9 Å². The van der Waals surface area contributed by atoms with E-state index in [1.165, 1.54) is 6.07 Å². The second-order valence-corrected chi connectivity index (χ2v) is 6.02. The number of benzene rings is 1. The molecule has 4 N–H and O–H groups in total. The predicted molar refractivity (Wildman–Crippen MR) is 84.1 cm³/mol. The molecule has 1 unspecified atom stereocenters. The van der Waals surface area contributed by atoms with Crippen LogP contribution < -0.4 is 21.3 Å². The quantitative estimate of drug-likeness (QED) is 0.567. The standard InChI is InChI=1S/C16H19N3O3/c1-9-5-10-6-11(7-18-16(2,17)8-20)22-15(10)12-3-4-13(21)19-14(9)12/h3-5,8,11,18H,6-7,17H2,1-2H3,(H,19,21)/t11?,16-/m0/s1. The Bertz CT molecular complexity index is 795. The van der Waals surface area contributed by atoms with Crippen molar-refractivity contribution in [2.45, 2.75) is 32.0 Å². The summed E-state index contributed by atoms with van der Waals surface area (Å²) in [5, 5.41) is 3.89. The highest BCUT2D eigenvalue weighted by Crippen LogP contribution is 2.36. The van der Waals surface area contributed by atoms with E-state index in [0.717, 1.165) is 34.2 Å². The second kappa shape index (κ2) is 5.23. The molecule has 6 heteroatoms. The van der Waals surface area contributed by atoms with Gasteiger partial charge >= 0.3 is 0 Å². The summed E-state index contributed by atoms with van der Waals surface area (Å²) in [7, 11) is 0.